The van der Waals surface area contributed by atoms with Gasteiger partial charge in [0.15, 0.2) is 17.3 Å². The number of aromatic nitrogens is 2. The standard InChI is InChI=1S/C28H36N4O5/c1-28(2)15-19(33)24-22(16-28)37-27-25(23(24)18-6-7-20(34-3)21(14-18)35-4)26(29)32(17-30-27)9-5-8-31-10-12-36-13-11-31/h6-7,14,17,23,29H,5,8-13,15-16H2,1-4H3/t23-/m1/s1. The molecule has 0 bridgehead atoms. The van der Waals surface area contributed by atoms with Gasteiger partial charge in [-0.3, -0.25) is 15.1 Å². The molecule has 1 aliphatic carbocycles. The van der Waals surface area contributed by atoms with E-state index in [9.17, 15) is 10.2 Å². The summed E-state index contributed by atoms with van der Waals surface area (Å²) in [6.07, 6.45) is 3.65. The Morgan fingerprint density at radius 1 is 1.11 bits per heavy atom. The number of rotatable bonds is 7. The Balaban J connectivity index is 1.55. The van der Waals surface area contributed by atoms with E-state index in [1.807, 2.05) is 22.8 Å². The van der Waals surface area contributed by atoms with Gasteiger partial charge in [-0.15, -0.1) is 0 Å². The average molecular weight is 509 g/mol. The molecule has 1 atom stereocenters. The van der Waals surface area contributed by atoms with Gasteiger partial charge in [0, 0.05) is 44.6 Å². The minimum Gasteiger partial charge on any atom is -0.493 e. The average Bonchev–Trinajstić information content (AvgIpc) is 2.88. The smallest absolute Gasteiger partial charge is 0.228 e. The van der Waals surface area contributed by atoms with Crippen LogP contribution in [0.25, 0.3) is 0 Å². The van der Waals surface area contributed by atoms with E-state index in [-0.39, 0.29) is 11.2 Å². The second-order valence-corrected chi connectivity index (χ2v) is 10.7. The molecule has 0 saturated carbocycles. The van der Waals surface area contributed by atoms with Gasteiger partial charge in [0.05, 0.1) is 38.9 Å². The Labute approximate surface area is 217 Å². The molecule has 3 heterocycles. The van der Waals surface area contributed by atoms with E-state index >= 15 is 0 Å². The van der Waals surface area contributed by atoms with E-state index in [4.69, 9.17) is 18.9 Å². The minimum absolute atomic E-state index is 0.0544. The molecule has 1 aromatic carbocycles. The fourth-order valence-corrected chi connectivity index (χ4v) is 5.62. The lowest BCUT2D eigenvalue weighted by Gasteiger charge is -2.38. The monoisotopic (exact) mass is 508 g/mol. The van der Waals surface area contributed by atoms with E-state index in [0.29, 0.717) is 59.1 Å². The number of aryl methyl sites for hydroxylation is 1. The predicted octanol–water partition coefficient (Wildman–Crippen LogP) is 3.27. The maximum absolute atomic E-state index is 13.6. The van der Waals surface area contributed by atoms with Crippen LogP contribution in [0.3, 0.4) is 0 Å². The summed E-state index contributed by atoms with van der Waals surface area (Å²) in [7, 11) is 3.19. The number of methoxy groups -OCH3 is 2. The molecule has 198 valence electrons. The highest BCUT2D eigenvalue weighted by atomic mass is 16.5. The molecule has 0 unspecified atom stereocenters. The molecule has 0 amide bonds. The summed E-state index contributed by atoms with van der Waals surface area (Å²) >= 11 is 0. The Kier molecular flexibility index (Phi) is 7.09. The molecule has 9 nitrogen and oxygen atoms in total. The first-order valence-electron chi connectivity index (χ1n) is 12.9. The fraction of sp³-hybridized carbons (Fsp3) is 0.536. The minimum atomic E-state index is -0.464. The van der Waals surface area contributed by atoms with E-state index in [1.165, 1.54) is 0 Å². The highest BCUT2D eigenvalue weighted by Gasteiger charge is 2.43. The van der Waals surface area contributed by atoms with Crippen molar-refractivity contribution in [3.8, 4) is 17.4 Å². The fourth-order valence-electron chi connectivity index (χ4n) is 5.62. The van der Waals surface area contributed by atoms with E-state index < -0.39 is 5.92 Å². The number of morpholine rings is 1. The zero-order valence-electron chi connectivity index (χ0n) is 22.1. The molecule has 1 saturated heterocycles. The molecule has 1 fully saturated rings. The molecule has 9 heteroatoms. The molecule has 5 rings (SSSR count). The van der Waals surface area contributed by atoms with Gasteiger partial charge in [0.25, 0.3) is 0 Å². The third-order valence-corrected chi connectivity index (χ3v) is 7.48. The molecular weight excluding hydrogens is 472 g/mol. The van der Waals surface area contributed by atoms with Gasteiger partial charge in [-0.1, -0.05) is 19.9 Å². The van der Waals surface area contributed by atoms with Crippen molar-refractivity contribution in [1.29, 1.82) is 5.41 Å². The van der Waals surface area contributed by atoms with Gasteiger partial charge in [-0.2, -0.15) is 0 Å². The molecule has 1 N–H and O–H groups in total. The first-order valence-corrected chi connectivity index (χ1v) is 12.9. The molecule has 0 spiro atoms. The normalized spacial score (nSPS) is 21.2. The number of allylic oxidation sites excluding steroid dienone is 2. The summed E-state index contributed by atoms with van der Waals surface area (Å²) in [6.45, 7) is 9.16. The highest BCUT2D eigenvalue weighted by Crippen LogP contribution is 2.49. The summed E-state index contributed by atoms with van der Waals surface area (Å²) < 4.78 is 24.6. The molecule has 1 aromatic heterocycles. The van der Waals surface area contributed by atoms with Gasteiger partial charge in [0.2, 0.25) is 5.88 Å². The number of carbonyl (C=O) groups is 1. The zero-order valence-corrected chi connectivity index (χ0v) is 22.1. The van der Waals surface area contributed by atoms with Crippen molar-refractivity contribution in [3.63, 3.8) is 0 Å². The predicted molar refractivity (Wildman–Crippen MR) is 137 cm³/mol. The number of benzene rings is 1. The van der Waals surface area contributed by atoms with Gasteiger partial charge >= 0.3 is 0 Å². The van der Waals surface area contributed by atoms with Crippen molar-refractivity contribution in [2.45, 2.75) is 45.6 Å². The SMILES string of the molecule is COc1ccc([C@@H]2C3=C(CC(C)(C)CC3=O)Oc3ncn(CCCN4CCOCC4)c(=N)c32)cc1OC. The second kappa shape index (κ2) is 10.3. The number of nitrogens with zero attached hydrogens (tertiary/aromatic N) is 3. The van der Waals surface area contributed by atoms with Crippen LogP contribution in [0.15, 0.2) is 35.9 Å². The van der Waals surface area contributed by atoms with Crippen molar-refractivity contribution in [2.75, 3.05) is 47.1 Å². The number of carbonyl (C=O) groups excluding carboxylic acids is 1. The maximum Gasteiger partial charge on any atom is 0.228 e. The molecule has 37 heavy (non-hydrogen) atoms. The third-order valence-electron chi connectivity index (χ3n) is 7.48. The van der Waals surface area contributed by atoms with Crippen LogP contribution in [0, 0.1) is 10.8 Å². The quantitative estimate of drug-likeness (QED) is 0.613. The zero-order chi connectivity index (χ0) is 26.2. The number of hydrogen-bond donors (Lipinski definition) is 1. The number of nitrogens with one attached hydrogen (secondary N) is 1. The van der Waals surface area contributed by atoms with Crippen LogP contribution in [0.1, 0.15) is 50.2 Å². The Morgan fingerprint density at radius 2 is 1.86 bits per heavy atom. The number of hydrogen-bond acceptors (Lipinski definition) is 8. The first-order chi connectivity index (χ1) is 17.8. The Bertz CT molecular complexity index is 1280. The topological polar surface area (TPSA) is 98.9 Å². The lowest BCUT2D eigenvalue weighted by atomic mass is 9.70. The van der Waals surface area contributed by atoms with Crippen molar-refractivity contribution in [3.05, 3.63) is 52.5 Å². The van der Waals surface area contributed by atoms with Crippen molar-refractivity contribution in [2.24, 2.45) is 5.41 Å². The lowest BCUT2D eigenvalue weighted by molar-refractivity contribution is -0.118. The Hall–Kier alpha value is -3.17. The van der Waals surface area contributed by atoms with E-state index in [0.717, 1.165) is 44.8 Å². The van der Waals surface area contributed by atoms with Crippen LogP contribution in [-0.4, -0.2) is 67.3 Å². The number of ketones is 1. The van der Waals surface area contributed by atoms with E-state index in [2.05, 4.69) is 23.7 Å². The van der Waals surface area contributed by atoms with Crippen LogP contribution in [0.5, 0.6) is 17.4 Å². The maximum atomic E-state index is 13.6. The highest BCUT2D eigenvalue weighted by molar-refractivity contribution is 6.00. The molecule has 3 aliphatic rings. The van der Waals surface area contributed by atoms with Gasteiger partial charge < -0.3 is 23.5 Å². The lowest BCUT2D eigenvalue weighted by Crippen LogP contribution is -2.38. The van der Waals surface area contributed by atoms with Gasteiger partial charge in [-0.25, -0.2) is 4.98 Å². The summed E-state index contributed by atoms with van der Waals surface area (Å²) in [5.74, 6) is 1.84. The van der Waals surface area contributed by atoms with Crippen LogP contribution in [0.4, 0.5) is 0 Å². The second-order valence-electron chi connectivity index (χ2n) is 10.7. The summed E-state index contributed by atoms with van der Waals surface area (Å²) in [5.41, 5.74) is 2.21. The molecule has 2 aromatic rings. The number of Topliss-reactive ketones (excluding diaryl/α,β-unsaturated/α-hetero) is 1. The first kappa shape index (κ1) is 25.5. The van der Waals surface area contributed by atoms with Crippen LogP contribution in [0.2, 0.25) is 0 Å². The number of fused-ring (bicyclic) bond motifs is 1. The number of ether oxygens (including phenoxy) is 4. The third kappa shape index (κ3) is 5.02. The van der Waals surface area contributed by atoms with Crippen LogP contribution < -0.4 is 19.7 Å². The molecular formula is C28H36N4O5. The summed E-state index contributed by atoms with van der Waals surface area (Å²) in [6, 6.07) is 5.68. The summed E-state index contributed by atoms with van der Waals surface area (Å²) in [4.78, 5) is 20.6. The van der Waals surface area contributed by atoms with Gasteiger partial charge in [0.1, 0.15) is 17.6 Å². The largest absolute Gasteiger partial charge is 0.493 e. The summed E-state index contributed by atoms with van der Waals surface area (Å²) in [5, 5.41) is 9.17. The molecule has 2 aliphatic heterocycles. The van der Waals surface area contributed by atoms with Crippen molar-refractivity contribution >= 4 is 5.78 Å². The van der Waals surface area contributed by atoms with Crippen LogP contribution in [-0.2, 0) is 16.1 Å². The Morgan fingerprint density at radius 3 is 2.59 bits per heavy atom. The van der Waals surface area contributed by atoms with Crippen LogP contribution >= 0.6 is 0 Å². The van der Waals surface area contributed by atoms with E-state index in [1.54, 1.807) is 20.5 Å². The molecule has 0 radical (unpaired) electrons. The van der Waals surface area contributed by atoms with Crippen molar-refractivity contribution in [1.82, 2.24) is 14.5 Å². The van der Waals surface area contributed by atoms with Crippen molar-refractivity contribution < 1.29 is 23.7 Å². The van der Waals surface area contributed by atoms with Gasteiger partial charge in [-0.05, 0) is 29.5 Å².